The summed E-state index contributed by atoms with van der Waals surface area (Å²) in [5, 5.41) is 31.4. The predicted molar refractivity (Wildman–Crippen MR) is 147 cm³/mol. The topological polar surface area (TPSA) is 124 Å². The number of benzene rings is 2. The summed E-state index contributed by atoms with van der Waals surface area (Å²) in [4.78, 5) is 22.4. The number of aromatic nitrogens is 2. The predicted octanol–water partition coefficient (Wildman–Crippen LogP) is 3.53. The second-order valence-electron chi connectivity index (χ2n) is 8.54. The van der Waals surface area contributed by atoms with Gasteiger partial charge in [-0.2, -0.15) is 10.5 Å². The number of aromatic hydroxyl groups is 1. The van der Waals surface area contributed by atoms with E-state index in [1.807, 2.05) is 37.3 Å². The maximum atomic E-state index is 13.8. The summed E-state index contributed by atoms with van der Waals surface area (Å²) in [6, 6.07) is 18.8. The highest BCUT2D eigenvalue weighted by atomic mass is 32.1. The molecule has 0 saturated carbocycles. The lowest BCUT2D eigenvalue weighted by atomic mass is 9.84. The lowest BCUT2D eigenvalue weighted by Gasteiger charge is -2.22. The minimum atomic E-state index is -0.691. The minimum absolute atomic E-state index is 0.0372. The van der Waals surface area contributed by atoms with Gasteiger partial charge in [-0.05, 0) is 43.2 Å². The number of rotatable bonds is 5. The number of phenols is 1. The van der Waals surface area contributed by atoms with Gasteiger partial charge < -0.3 is 9.84 Å². The molecule has 3 heterocycles. The molecule has 1 unspecified atom stereocenters. The Morgan fingerprint density at radius 3 is 2.63 bits per heavy atom. The Morgan fingerprint density at radius 2 is 1.92 bits per heavy atom. The molecular weight excluding hydrogens is 498 g/mol. The Bertz CT molecular complexity index is 1900. The van der Waals surface area contributed by atoms with Crippen LogP contribution in [-0.4, -0.2) is 27.7 Å². The highest BCUT2D eigenvalue weighted by molar-refractivity contribution is 7.07. The number of ether oxygens (including phenoxy) is 1. The maximum Gasteiger partial charge on any atom is 0.274 e. The summed E-state index contributed by atoms with van der Waals surface area (Å²) in [5.74, 6) is -0.530. The molecule has 8 nitrogen and oxygen atoms in total. The fraction of sp³-hybridized carbons (Fsp3) is 0.138. The third kappa shape index (κ3) is 4.15. The van der Waals surface area contributed by atoms with Crippen molar-refractivity contribution in [2.45, 2.75) is 19.8 Å². The van der Waals surface area contributed by atoms with Crippen LogP contribution in [0.2, 0.25) is 0 Å². The smallest absolute Gasteiger partial charge is 0.274 e. The zero-order valence-electron chi connectivity index (χ0n) is 20.5. The van der Waals surface area contributed by atoms with Crippen LogP contribution >= 0.6 is 11.3 Å². The molecule has 1 aliphatic heterocycles. The Morgan fingerprint density at radius 1 is 1.16 bits per heavy atom. The number of allylic oxidation sites excluding steroid dienone is 1. The van der Waals surface area contributed by atoms with E-state index in [-0.39, 0.29) is 17.1 Å². The highest BCUT2D eigenvalue weighted by Crippen LogP contribution is 2.37. The molecule has 0 radical (unpaired) electrons. The second kappa shape index (κ2) is 10.2. The van der Waals surface area contributed by atoms with E-state index in [0.29, 0.717) is 37.8 Å². The highest BCUT2D eigenvalue weighted by Gasteiger charge is 2.33. The van der Waals surface area contributed by atoms with Crippen molar-refractivity contribution in [3.8, 4) is 17.9 Å². The Hall–Kier alpha value is -4.99. The van der Waals surface area contributed by atoms with Crippen LogP contribution in [-0.2, 0) is 4.74 Å². The Kier molecular flexibility index (Phi) is 6.61. The van der Waals surface area contributed by atoms with Crippen LogP contribution in [0.1, 0.15) is 29.5 Å². The van der Waals surface area contributed by atoms with Gasteiger partial charge in [0.05, 0.1) is 40.3 Å². The summed E-state index contributed by atoms with van der Waals surface area (Å²) in [7, 11) is 0. The molecule has 0 amide bonds. The Balaban J connectivity index is 1.86. The van der Waals surface area contributed by atoms with Crippen molar-refractivity contribution >= 4 is 46.1 Å². The van der Waals surface area contributed by atoms with Crippen LogP contribution in [0.25, 0.3) is 28.4 Å². The lowest BCUT2D eigenvalue weighted by molar-refractivity contribution is 0.344. The molecular formula is C29H21N5O3S. The van der Waals surface area contributed by atoms with E-state index in [1.54, 1.807) is 31.3 Å². The van der Waals surface area contributed by atoms with Crippen molar-refractivity contribution in [2.75, 3.05) is 6.61 Å². The number of hydrogen-bond acceptors (Lipinski definition) is 8. The number of aliphatic imine (C=N–C) groups is 1. The van der Waals surface area contributed by atoms with E-state index in [2.05, 4.69) is 22.1 Å². The molecule has 186 valence electrons. The molecule has 1 aliphatic rings. The van der Waals surface area contributed by atoms with Crippen molar-refractivity contribution < 1.29 is 9.84 Å². The number of pyridine rings is 1. The van der Waals surface area contributed by atoms with Gasteiger partial charge in [0.2, 0.25) is 0 Å². The standard InChI is InChI=1S/C29H21N5O3S/c1-3-37-16-33-27-21(14-30)25(18-8-6-17(2)7-9-18)22(15-31)29-34(27)28(36)24(38-29)13-19-10-11-23(35)26-20(19)5-4-12-32-26/h4-13,16,25,35H,3H2,1-2H3/b24-13+,33-16+. The van der Waals surface area contributed by atoms with Crippen LogP contribution < -0.4 is 14.8 Å². The van der Waals surface area contributed by atoms with E-state index in [4.69, 9.17) is 4.74 Å². The zero-order chi connectivity index (χ0) is 26.8. The summed E-state index contributed by atoms with van der Waals surface area (Å²) in [6.45, 7) is 4.12. The molecule has 0 fully saturated rings. The Labute approximate surface area is 221 Å². The molecule has 2 aromatic carbocycles. The number of nitriles is 2. The van der Waals surface area contributed by atoms with Crippen LogP contribution in [0.4, 0.5) is 0 Å². The number of thiazole rings is 1. The average molecular weight is 520 g/mol. The molecule has 0 spiro atoms. The lowest BCUT2D eigenvalue weighted by Crippen LogP contribution is -2.35. The molecule has 0 aliphatic carbocycles. The van der Waals surface area contributed by atoms with Crippen LogP contribution in [0.5, 0.6) is 5.75 Å². The maximum absolute atomic E-state index is 13.8. The van der Waals surface area contributed by atoms with Gasteiger partial charge in [0.1, 0.15) is 15.9 Å². The first kappa shape index (κ1) is 24.7. The van der Waals surface area contributed by atoms with Crippen molar-refractivity contribution in [3.05, 3.63) is 96.5 Å². The fourth-order valence-electron chi connectivity index (χ4n) is 4.43. The van der Waals surface area contributed by atoms with Gasteiger partial charge in [-0.15, -0.1) is 11.3 Å². The third-order valence-electron chi connectivity index (χ3n) is 6.22. The SMILES string of the molecule is CCO/C=N/C1=C(C#N)C(c2ccc(C)cc2)C(C#N)=c2s/c(=C/c3ccc(O)c4ncccc34)c(=O)n21. The molecule has 4 aromatic rings. The van der Waals surface area contributed by atoms with Crippen molar-refractivity contribution in [2.24, 2.45) is 4.99 Å². The summed E-state index contributed by atoms with van der Waals surface area (Å²) >= 11 is 1.15. The van der Waals surface area contributed by atoms with Gasteiger partial charge in [-0.3, -0.25) is 9.78 Å². The first-order chi connectivity index (χ1) is 18.5. The number of aryl methyl sites for hydroxylation is 1. The van der Waals surface area contributed by atoms with Crippen LogP contribution in [0.3, 0.4) is 0 Å². The second-order valence-corrected chi connectivity index (χ2v) is 9.57. The monoisotopic (exact) mass is 519 g/mol. The van der Waals surface area contributed by atoms with Gasteiger partial charge in [0.25, 0.3) is 5.56 Å². The average Bonchev–Trinajstić information content (AvgIpc) is 3.26. The van der Waals surface area contributed by atoms with Gasteiger partial charge in [-0.1, -0.05) is 42.0 Å². The molecule has 1 atom stereocenters. The van der Waals surface area contributed by atoms with Gasteiger partial charge in [-0.25, -0.2) is 9.56 Å². The largest absolute Gasteiger partial charge is 0.506 e. The normalized spacial score (nSPS) is 15.5. The summed E-state index contributed by atoms with van der Waals surface area (Å²) in [6.07, 6.45) is 4.50. The van der Waals surface area contributed by atoms with E-state index in [0.717, 1.165) is 22.5 Å². The minimum Gasteiger partial charge on any atom is -0.506 e. The molecule has 2 aromatic heterocycles. The fourth-order valence-corrected chi connectivity index (χ4v) is 5.53. The van der Waals surface area contributed by atoms with Gasteiger partial charge in [0.15, 0.2) is 12.2 Å². The summed E-state index contributed by atoms with van der Waals surface area (Å²) < 4.78 is 7.36. The van der Waals surface area contributed by atoms with E-state index in [1.165, 1.54) is 17.0 Å². The molecule has 1 N–H and O–H groups in total. The first-order valence-corrected chi connectivity index (χ1v) is 12.6. The van der Waals surface area contributed by atoms with Crippen molar-refractivity contribution in [3.63, 3.8) is 0 Å². The molecule has 38 heavy (non-hydrogen) atoms. The summed E-state index contributed by atoms with van der Waals surface area (Å²) in [5.41, 5.74) is 2.95. The zero-order valence-corrected chi connectivity index (χ0v) is 21.4. The van der Waals surface area contributed by atoms with Crippen LogP contribution in [0, 0.1) is 29.6 Å². The molecule has 9 heteroatoms. The van der Waals surface area contributed by atoms with Gasteiger partial charge >= 0.3 is 0 Å². The number of nitrogens with zero attached hydrogens (tertiary/aromatic N) is 5. The number of hydrogen-bond donors (Lipinski definition) is 1. The number of fused-ring (bicyclic) bond motifs is 2. The quantitative estimate of drug-likeness (QED) is 0.318. The van der Waals surface area contributed by atoms with Crippen molar-refractivity contribution in [1.29, 1.82) is 10.5 Å². The van der Waals surface area contributed by atoms with Gasteiger partial charge in [0, 0.05) is 11.6 Å². The van der Waals surface area contributed by atoms with Crippen LogP contribution in [0.15, 0.2) is 70.1 Å². The first-order valence-electron chi connectivity index (χ1n) is 11.8. The molecule has 0 saturated heterocycles. The molecule has 5 rings (SSSR count). The molecule has 0 bridgehead atoms. The third-order valence-corrected chi connectivity index (χ3v) is 7.33. The van der Waals surface area contributed by atoms with Crippen molar-refractivity contribution in [1.82, 2.24) is 9.55 Å². The van der Waals surface area contributed by atoms with E-state index >= 15 is 0 Å². The number of phenolic OH excluding ortho intramolecular Hbond substituents is 1. The van der Waals surface area contributed by atoms with E-state index in [9.17, 15) is 20.4 Å². The van der Waals surface area contributed by atoms with E-state index < -0.39 is 11.5 Å².